The Bertz CT molecular complexity index is 3220. The summed E-state index contributed by atoms with van der Waals surface area (Å²) in [5, 5.41) is 20.2. The van der Waals surface area contributed by atoms with Crippen molar-refractivity contribution in [1.82, 2.24) is 0 Å². The van der Waals surface area contributed by atoms with Gasteiger partial charge in [-0.15, -0.1) is 22.7 Å². The van der Waals surface area contributed by atoms with E-state index in [0.29, 0.717) is 0 Å². The van der Waals surface area contributed by atoms with Gasteiger partial charge in [0, 0.05) is 69.2 Å². The first kappa shape index (κ1) is 42.6. The summed E-state index contributed by atoms with van der Waals surface area (Å²) in [6, 6.07) is 7.42. The molecule has 2 aromatic carbocycles. The van der Waals surface area contributed by atoms with Crippen molar-refractivity contribution in [3.8, 4) is 21.9 Å². The average Bonchev–Trinajstić information content (AvgIpc) is 4.18. The number of halogens is 4. The molecule has 0 radical (unpaired) electrons. The summed E-state index contributed by atoms with van der Waals surface area (Å²) in [4.78, 5) is 40.3. The molecule has 0 amide bonds. The van der Waals surface area contributed by atoms with Crippen molar-refractivity contribution in [3.63, 3.8) is 0 Å². The molecule has 8 aliphatic rings. The topological polar surface area (TPSA) is 90.4 Å². The van der Waals surface area contributed by atoms with Crippen molar-refractivity contribution in [1.29, 1.82) is 10.5 Å². The lowest BCUT2D eigenvalue weighted by atomic mass is 9.58. The number of ketones is 2. The third-order valence-corrected chi connectivity index (χ3v) is 18.9. The van der Waals surface area contributed by atoms with Crippen LogP contribution in [0.1, 0.15) is 160 Å². The number of Topliss-reactive ketones (excluding diaryl/α,β-unsaturated/α-hetero) is 2. The van der Waals surface area contributed by atoms with Crippen LogP contribution in [-0.4, -0.2) is 11.6 Å². The third-order valence-electron chi connectivity index (χ3n) is 16.5. The normalized spacial score (nSPS) is 23.4. The van der Waals surface area contributed by atoms with Gasteiger partial charge in [-0.1, -0.05) is 57.8 Å². The Morgan fingerprint density at radius 2 is 0.868 bits per heavy atom. The summed E-state index contributed by atoms with van der Waals surface area (Å²) in [5.41, 5.74) is 5.45. The zero-order valence-corrected chi connectivity index (χ0v) is 38.3. The molecule has 0 bridgehead atoms. The lowest BCUT2D eigenvalue weighted by Gasteiger charge is -2.44. The molecule has 12 rings (SSSR count). The minimum atomic E-state index is -1.17. The molecule has 3 spiro atoms. The number of allylic oxidation sites excluding steroid dienone is 10. The molecule has 3 saturated carbocycles. The second-order valence-electron chi connectivity index (χ2n) is 19.5. The average molecular weight is 939 g/mol. The summed E-state index contributed by atoms with van der Waals surface area (Å²) in [6.45, 7) is 15.7. The highest BCUT2D eigenvalue weighted by atomic mass is 32.1. The van der Waals surface area contributed by atoms with Crippen LogP contribution in [-0.2, 0) is 16.2 Å². The fourth-order valence-corrected chi connectivity index (χ4v) is 16.8. The van der Waals surface area contributed by atoms with E-state index in [1.54, 1.807) is 22.7 Å². The molecule has 2 heterocycles. The van der Waals surface area contributed by atoms with Gasteiger partial charge >= 0.3 is 0 Å². The minimum absolute atomic E-state index is 0.0364. The van der Waals surface area contributed by atoms with Crippen LogP contribution in [0.25, 0.3) is 42.7 Å². The number of thiophene rings is 2. The van der Waals surface area contributed by atoms with Crippen molar-refractivity contribution in [3.05, 3.63) is 170 Å². The molecule has 0 saturated heterocycles. The molecule has 0 N–H and O–H groups in total. The van der Waals surface area contributed by atoms with Gasteiger partial charge in [0.1, 0.15) is 0 Å². The summed E-state index contributed by atoms with van der Waals surface area (Å²) in [5.74, 6) is -5.76. The standard InChI is InChI=1S/C56H38F4N4O2S2/c1-63-40(26-61)44-30-22-36(57)38(59)24-32(30)50(65)34(44)18-28-20-42-46(54(28)12-6-3-7-13-54)48-52(67-42)53-49(56(48)16-10-5-11-17-56)47-43(68-53)21-29(55(47)14-8-4-9-15-55)19-35-45(41(27-62)64-2)31-23-37(58)39(60)25-33(31)51(35)66/h18-25H,3-17H2/b34-18-,35-19+,44-40+,45-41-. The second-order valence-corrected chi connectivity index (χ2v) is 21.6. The van der Waals surface area contributed by atoms with Crippen molar-refractivity contribution in [2.24, 2.45) is 0 Å². The largest absolute Gasteiger partial charge is 0.289 e. The van der Waals surface area contributed by atoms with Crippen LogP contribution in [0.5, 0.6) is 0 Å². The molecule has 6 nitrogen and oxygen atoms in total. The van der Waals surface area contributed by atoms with Crippen LogP contribution in [0, 0.1) is 59.1 Å². The Hall–Kier alpha value is -6.70. The second kappa shape index (κ2) is 15.2. The lowest BCUT2D eigenvalue weighted by molar-refractivity contribution is 0.103. The zero-order valence-electron chi connectivity index (χ0n) is 36.7. The van der Waals surface area contributed by atoms with Gasteiger partial charge in [0.25, 0.3) is 11.4 Å². The maximum atomic E-state index is 14.8. The molecule has 2 aromatic heterocycles. The van der Waals surface area contributed by atoms with Crippen LogP contribution in [0.3, 0.4) is 0 Å². The molecule has 4 aromatic rings. The molecule has 334 valence electrons. The van der Waals surface area contributed by atoms with Crippen LogP contribution >= 0.6 is 22.7 Å². The van der Waals surface area contributed by atoms with E-state index in [0.717, 1.165) is 141 Å². The van der Waals surface area contributed by atoms with E-state index in [4.69, 9.17) is 13.1 Å². The molecule has 12 heteroatoms. The predicted octanol–water partition coefficient (Wildman–Crippen LogP) is 14.7. The SMILES string of the molecule is [C-]#[N+]/C(C#N)=C1\C(=C/C2=Cc3sc4c(c3C23CCCCC3)C2(CCCCC2)c2c-4sc3c2C2(CCCCC2)C(/C=C2\C(=O)c4cc(F)c(F)cc4\C2=C(\C#N)[N+]#[C-])=C3)C(=O)c2cc(F)c(F)cc21. The molecule has 0 atom stereocenters. The Kier molecular flexibility index (Phi) is 9.50. The highest BCUT2D eigenvalue weighted by Crippen LogP contribution is 2.71. The van der Waals surface area contributed by atoms with E-state index in [-0.39, 0.29) is 61.4 Å². The van der Waals surface area contributed by atoms with Crippen LogP contribution in [0.15, 0.2) is 70.1 Å². The van der Waals surface area contributed by atoms with Gasteiger partial charge in [0.15, 0.2) is 34.8 Å². The van der Waals surface area contributed by atoms with Crippen LogP contribution in [0.4, 0.5) is 17.6 Å². The molecule has 3 fully saturated rings. The van der Waals surface area contributed by atoms with Gasteiger partial charge < -0.3 is 0 Å². The number of benzene rings is 2. The summed E-state index contributed by atoms with van der Waals surface area (Å²) < 4.78 is 59.0. The fourth-order valence-electron chi connectivity index (χ4n) is 13.7. The Balaban J connectivity index is 1.04. The monoisotopic (exact) mass is 938 g/mol. The number of carbonyl (C=O) groups is 2. The predicted molar refractivity (Wildman–Crippen MR) is 253 cm³/mol. The van der Waals surface area contributed by atoms with Gasteiger partial charge in [-0.2, -0.15) is 0 Å². The number of nitriles is 2. The Morgan fingerprint density at radius 3 is 1.21 bits per heavy atom. The number of rotatable bonds is 2. The van der Waals surface area contributed by atoms with E-state index >= 15 is 0 Å². The molecule has 0 aliphatic heterocycles. The quantitative estimate of drug-likeness (QED) is 0.0866. The first-order chi connectivity index (χ1) is 32.9. The highest BCUT2D eigenvalue weighted by molar-refractivity contribution is 7.23. The molecule has 0 unspecified atom stereocenters. The van der Waals surface area contributed by atoms with Crippen molar-refractivity contribution in [2.75, 3.05) is 0 Å². The zero-order chi connectivity index (χ0) is 47.0. The molecular weight excluding hydrogens is 901 g/mol. The van der Waals surface area contributed by atoms with Crippen LogP contribution < -0.4 is 0 Å². The van der Waals surface area contributed by atoms with Gasteiger partial charge in [-0.3, -0.25) is 9.59 Å². The summed E-state index contributed by atoms with van der Waals surface area (Å²) >= 11 is 3.57. The maximum Gasteiger partial charge on any atom is 0.270 e. The van der Waals surface area contributed by atoms with E-state index in [2.05, 4.69) is 21.8 Å². The number of nitrogens with zero attached hydrogens (tertiary/aromatic N) is 4. The minimum Gasteiger partial charge on any atom is -0.289 e. The van der Waals surface area contributed by atoms with Gasteiger partial charge in [-0.05, 0) is 132 Å². The van der Waals surface area contributed by atoms with Crippen molar-refractivity contribution >= 4 is 57.5 Å². The van der Waals surface area contributed by atoms with Crippen LogP contribution in [0.2, 0.25) is 0 Å². The summed E-state index contributed by atoms with van der Waals surface area (Å²) in [7, 11) is 0. The Morgan fingerprint density at radius 1 is 0.529 bits per heavy atom. The van der Waals surface area contributed by atoms with E-state index in [1.807, 2.05) is 24.3 Å². The Labute approximate surface area is 398 Å². The first-order valence-corrected chi connectivity index (χ1v) is 24.9. The first-order valence-electron chi connectivity index (χ1n) is 23.3. The van der Waals surface area contributed by atoms with E-state index in [1.165, 1.54) is 32.0 Å². The molecular formula is C56H38F4N4O2S2. The maximum absolute atomic E-state index is 14.8. The third kappa shape index (κ3) is 5.51. The number of hydrogen-bond acceptors (Lipinski definition) is 6. The molecule has 68 heavy (non-hydrogen) atoms. The summed E-state index contributed by atoms with van der Waals surface area (Å²) in [6.07, 6.45) is 22.3. The van der Waals surface area contributed by atoms with Gasteiger partial charge in [0.05, 0.1) is 25.3 Å². The highest BCUT2D eigenvalue weighted by Gasteiger charge is 2.58. The fraction of sp³-hybridized carbons (Fsp3) is 0.321. The number of fused-ring (bicyclic) bond motifs is 13. The van der Waals surface area contributed by atoms with Gasteiger partial charge in [0.2, 0.25) is 0 Å². The van der Waals surface area contributed by atoms with Crippen molar-refractivity contribution in [2.45, 2.75) is 113 Å². The van der Waals surface area contributed by atoms with E-state index < -0.39 is 45.7 Å². The number of hydrogen-bond donors (Lipinski definition) is 0. The lowest BCUT2D eigenvalue weighted by Crippen LogP contribution is -2.37. The van der Waals surface area contributed by atoms with Gasteiger partial charge in [-0.25, -0.2) is 37.8 Å². The van der Waals surface area contributed by atoms with Crippen molar-refractivity contribution < 1.29 is 27.2 Å². The van der Waals surface area contributed by atoms with E-state index in [9.17, 15) is 37.7 Å². The number of carbonyl (C=O) groups excluding carboxylic acids is 2. The smallest absolute Gasteiger partial charge is 0.270 e. The molecule has 8 aliphatic carbocycles.